The van der Waals surface area contributed by atoms with Crippen LogP contribution >= 0.6 is 0 Å². The lowest BCUT2D eigenvalue weighted by Gasteiger charge is -2.23. The lowest BCUT2D eigenvalue weighted by atomic mass is 9.96. The van der Waals surface area contributed by atoms with Gasteiger partial charge < -0.3 is 15.5 Å². The molecule has 1 unspecified atom stereocenters. The van der Waals surface area contributed by atoms with E-state index in [0.29, 0.717) is 11.3 Å². The van der Waals surface area contributed by atoms with E-state index in [9.17, 15) is 0 Å². The molecule has 132 valence electrons. The van der Waals surface area contributed by atoms with E-state index in [1.165, 1.54) is 50.9 Å². The zero-order valence-corrected chi connectivity index (χ0v) is 15.2. The second kappa shape index (κ2) is 8.02. The molecule has 1 aromatic carbocycles. The first-order valence-corrected chi connectivity index (χ1v) is 9.44. The Balaban J connectivity index is 1.42. The molecule has 24 heavy (non-hydrogen) atoms. The van der Waals surface area contributed by atoms with Crippen LogP contribution in [0.3, 0.4) is 0 Å². The first kappa shape index (κ1) is 17.3. The number of guanidine groups is 1. The van der Waals surface area contributed by atoms with Gasteiger partial charge in [0.2, 0.25) is 0 Å². The monoisotopic (exact) mass is 328 g/mol. The Morgan fingerprint density at radius 3 is 2.50 bits per heavy atom. The van der Waals surface area contributed by atoms with Crippen molar-refractivity contribution in [1.82, 2.24) is 15.5 Å². The third kappa shape index (κ3) is 4.50. The minimum atomic E-state index is 0.319. The predicted molar refractivity (Wildman–Crippen MR) is 102 cm³/mol. The highest BCUT2D eigenvalue weighted by Gasteiger charge is 2.43. The highest BCUT2D eigenvalue weighted by atomic mass is 15.2. The van der Waals surface area contributed by atoms with Crippen molar-refractivity contribution in [3.8, 4) is 0 Å². The molecule has 1 aliphatic carbocycles. The van der Waals surface area contributed by atoms with Crippen molar-refractivity contribution in [2.75, 3.05) is 39.8 Å². The van der Waals surface area contributed by atoms with Gasteiger partial charge in [-0.15, -0.1) is 0 Å². The van der Waals surface area contributed by atoms with E-state index in [-0.39, 0.29) is 0 Å². The first-order valence-electron chi connectivity index (χ1n) is 9.44. The van der Waals surface area contributed by atoms with Gasteiger partial charge in [0.25, 0.3) is 0 Å². The van der Waals surface area contributed by atoms with Gasteiger partial charge in [0, 0.05) is 32.1 Å². The van der Waals surface area contributed by atoms with E-state index in [1.54, 1.807) is 0 Å². The van der Waals surface area contributed by atoms with Crippen molar-refractivity contribution in [3.63, 3.8) is 0 Å². The van der Waals surface area contributed by atoms with E-state index in [2.05, 4.69) is 57.8 Å². The minimum absolute atomic E-state index is 0.319. The van der Waals surface area contributed by atoms with Crippen LogP contribution in [0.15, 0.2) is 35.3 Å². The summed E-state index contributed by atoms with van der Waals surface area (Å²) in [5.74, 6) is 1.58. The molecule has 3 rings (SSSR count). The van der Waals surface area contributed by atoms with E-state index in [1.807, 2.05) is 7.05 Å². The van der Waals surface area contributed by atoms with Gasteiger partial charge in [0.1, 0.15) is 0 Å². The molecule has 2 N–H and O–H groups in total. The SMILES string of the molecule is CN=C(NCC(C)CN1CCCC1)NCC1(c2ccccc2)CC1. The summed E-state index contributed by atoms with van der Waals surface area (Å²) in [5, 5.41) is 7.05. The second-order valence-electron chi connectivity index (χ2n) is 7.57. The fraction of sp³-hybridized carbons (Fsp3) is 0.650. The number of nitrogens with one attached hydrogen (secondary N) is 2. The van der Waals surface area contributed by atoms with E-state index in [0.717, 1.165) is 19.0 Å². The van der Waals surface area contributed by atoms with Gasteiger partial charge in [-0.25, -0.2) is 0 Å². The second-order valence-corrected chi connectivity index (χ2v) is 7.57. The molecule has 1 saturated carbocycles. The fourth-order valence-electron chi connectivity index (χ4n) is 3.73. The fourth-order valence-corrected chi connectivity index (χ4v) is 3.73. The van der Waals surface area contributed by atoms with Crippen LogP contribution in [0.2, 0.25) is 0 Å². The Hall–Kier alpha value is -1.55. The summed E-state index contributed by atoms with van der Waals surface area (Å²) in [4.78, 5) is 6.98. The van der Waals surface area contributed by atoms with Crippen LogP contribution in [0.25, 0.3) is 0 Å². The summed E-state index contributed by atoms with van der Waals surface area (Å²) in [6.45, 7) is 8.02. The molecule has 0 aromatic heterocycles. The normalized spacial score (nSPS) is 21.5. The quantitative estimate of drug-likeness (QED) is 0.597. The van der Waals surface area contributed by atoms with Crippen LogP contribution in [0, 0.1) is 5.92 Å². The highest BCUT2D eigenvalue weighted by Crippen LogP contribution is 2.47. The van der Waals surface area contributed by atoms with E-state index < -0.39 is 0 Å². The molecule has 0 radical (unpaired) electrons. The number of rotatable bonds is 7. The van der Waals surface area contributed by atoms with Gasteiger partial charge in [-0.05, 0) is 50.3 Å². The Kier molecular flexibility index (Phi) is 5.77. The topological polar surface area (TPSA) is 39.7 Å². The molecule has 1 heterocycles. The molecule has 1 saturated heterocycles. The van der Waals surface area contributed by atoms with Gasteiger partial charge in [-0.2, -0.15) is 0 Å². The number of benzene rings is 1. The number of aliphatic imine (C=N–C) groups is 1. The Labute approximate surface area is 146 Å². The average Bonchev–Trinajstić information content (AvgIpc) is 3.24. The van der Waals surface area contributed by atoms with Gasteiger partial charge in [0.05, 0.1) is 0 Å². The average molecular weight is 329 g/mol. The van der Waals surface area contributed by atoms with Crippen LogP contribution in [0.5, 0.6) is 0 Å². The van der Waals surface area contributed by atoms with Crippen molar-refractivity contribution >= 4 is 5.96 Å². The molecule has 0 amide bonds. The van der Waals surface area contributed by atoms with Crippen molar-refractivity contribution in [1.29, 1.82) is 0 Å². The van der Waals surface area contributed by atoms with Crippen LogP contribution in [-0.2, 0) is 5.41 Å². The molecule has 1 aliphatic heterocycles. The first-order chi connectivity index (χ1) is 11.7. The molecular formula is C20H32N4. The maximum atomic E-state index is 4.40. The maximum Gasteiger partial charge on any atom is 0.191 e. The number of likely N-dealkylation sites (tertiary alicyclic amines) is 1. The van der Waals surface area contributed by atoms with Crippen LogP contribution in [0.1, 0.15) is 38.2 Å². The lowest BCUT2D eigenvalue weighted by molar-refractivity contribution is 0.287. The maximum absolute atomic E-state index is 4.40. The molecule has 4 nitrogen and oxygen atoms in total. The third-order valence-electron chi connectivity index (χ3n) is 5.44. The Morgan fingerprint density at radius 1 is 1.17 bits per heavy atom. The Morgan fingerprint density at radius 2 is 1.88 bits per heavy atom. The summed E-state index contributed by atoms with van der Waals surface area (Å²) < 4.78 is 0. The van der Waals surface area contributed by atoms with Gasteiger partial charge >= 0.3 is 0 Å². The van der Waals surface area contributed by atoms with Crippen molar-refractivity contribution in [3.05, 3.63) is 35.9 Å². The lowest BCUT2D eigenvalue weighted by Crippen LogP contribution is -2.43. The van der Waals surface area contributed by atoms with Gasteiger partial charge in [0.15, 0.2) is 5.96 Å². The Bertz CT molecular complexity index is 530. The largest absolute Gasteiger partial charge is 0.356 e. The van der Waals surface area contributed by atoms with Crippen molar-refractivity contribution in [2.45, 2.75) is 38.0 Å². The number of nitrogens with zero attached hydrogens (tertiary/aromatic N) is 2. The molecule has 2 fully saturated rings. The highest BCUT2D eigenvalue weighted by molar-refractivity contribution is 5.79. The van der Waals surface area contributed by atoms with Crippen molar-refractivity contribution in [2.24, 2.45) is 10.9 Å². The van der Waals surface area contributed by atoms with Gasteiger partial charge in [-0.1, -0.05) is 37.3 Å². The van der Waals surface area contributed by atoms with Gasteiger partial charge in [-0.3, -0.25) is 4.99 Å². The molecule has 1 aromatic rings. The van der Waals surface area contributed by atoms with Crippen molar-refractivity contribution < 1.29 is 0 Å². The minimum Gasteiger partial charge on any atom is -0.356 e. The zero-order valence-electron chi connectivity index (χ0n) is 15.2. The molecule has 2 aliphatic rings. The van der Waals surface area contributed by atoms with E-state index in [4.69, 9.17) is 0 Å². The molecule has 0 bridgehead atoms. The summed E-state index contributed by atoms with van der Waals surface area (Å²) in [7, 11) is 1.86. The smallest absolute Gasteiger partial charge is 0.191 e. The summed E-state index contributed by atoms with van der Waals surface area (Å²) >= 11 is 0. The summed E-state index contributed by atoms with van der Waals surface area (Å²) in [6, 6.07) is 10.9. The number of hydrogen-bond donors (Lipinski definition) is 2. The third-order valence-corrected chi connectivity index (χ3v) is 5.44. The van der Waals surface area contributed by atoms with E-state index >= 15 is 0 Å². The van der Waals surface area contributed by atoms with Crippen LogP contribution < -0.4 is 10.6 Å². The summed E-state index contributed by atoms with van der Waals surface area (Å²) in [5.41, 5.74) is 1.77. The standard InChI is InChI=1S/C20H32N4/c1-17(15-24-12-6-7-13-24)14-22-19(21-2)23-16-20(10-11-20)18-8-4-3-5-9-18/h3-5,8-9,17H,6-7,10-16H2,1-2H3,(H2,21,22,23). The van der Waals surface area contributed by atoms with Crippen LogP contribution in [-0.4, -0.2) is 50.6 Å². The molecule has 1 atom stereocenters. The molecular weight excluding hydrogens is 296 g/mol. The molecule has 4 heteroatoms. The summed E-state index contributed by atoms with van der Waals surface area (Å²) in [6.07, 6.45) is 5.27. The molecule has 0 spiro atoms. The number of hydrogen-bond acceptors (Lipinski definition) is 2. The predicted octanol–water partition coefficient (Wildman–Crippen LogP) is 2.62. The zero-order chi connectivity index (χ0) is 16.8. The van der Waals surface area contributed by atoms with Crippen LogP contribution in [0.4, 0.5) is 0 Å².